The minimum atomic E-state index is -0.437. The number of aromatic hydroxyl groups is 1. The average Bonchev–Trinajstić information content (AvgIpc) is 3.67. The van der Waals surface area contributed by atoms with Gasteiger partial charge >= 0.3 is 6.03 Å². The van der Waals surface area contributed by atoms with Gasteiger partial charge < -0.3 is 15.7 Å². The number of nitrogens with one attached hydrogen (secondary N) is 2. The van der Waals surface area contributed by atoms with E-state index in [-0.39, 0.29) is 23.4 Å². The minimum absolute atomic E-state index is 0.0605. The summed E-state index contributed by atoms with van der Waals surface area (Å²) in [6.07, 6.45) is 5.62. The molecule has 9 heteroatoms. The van der Waals surface area contributed by atoms with Gasteiger partial charge in [-0.05, 0) is 48.7 Å². The summed E-state index contributed by atoms with van der Waals surface area (Å²) in [4.78, 5) is 34.6. The number of carbonyl (C=O) groups excluding carboxylic acids is 2. The number of anilines is 1. The molecule has 2 amide bonds. The van der Waals surface area contributed by atoms with Gasteiger partial charge in [-0.1, -0.05) is 55.3 Å². The Morgan fingerprint density at radius 3 is 2.45 bits per heavy atom. The standard InChI is InChI=1S/C31H28N6O3/c38-29-16-22(34-30(39)27-19-32-24-12-6-7-13-25(24)35-27)14-15-23(29)26-17-28(21-10-4-5-11-21)37(36-26)31(40)33-18-20-8-2-1-3-9-20/h1-3,6-9,12-17,19,21,38H,4-5,10-11,18H2,(H,33,40)(H,34,39). The van der Waals surface area contributed by atoms with Gasteiger partial charge in [0.2, 0.25) is 0 Å². The Labute approximate surface area is 230 Å². The van der Waals surface area contributed by atoms with E-state index in [0.717, 1.165) is 36.9 Å². The van der Waals surface area contributed by atoms with Crippen molar-refractivity contribution in [2.75, 3.05) is 5.32 Å². The third-order valence-electron chi connectivity index (χ3n) is 7.20. The molecule has 0 aliphatic heterocycles. The van der Waals surface area contributed by atoms with Crippen LogP contribution >= 0.6 is 0 Å². The summed E-state index contributed by atoms with van der Waals surface area (Å²) in [5, 5.41) is 21.2. The quantitative estimate of drug-likeness (QED) is 0.252. The van der Waals surface area contributed by atoms with Gasteiger partial charge in [0.15, 0.2) is 0 Å². The molecule has 2 aromatic heterocycles. The number of benzene rings is 3. The number of carbonyl (C=O) groups is 2. The number of nitrogens with zero attached hydrogens (tertiary/aromatic N) is 4. The number of para-hydroxylation sites is 2. The first kappa shape index (κ1) is 25.2. The van der Waals surface area contributed by atoms with E-state index >= 15 is 0 Å². The van der Waals surface area contributed by atoms with E-state index in [2.05, 4.69) is 25.7 Å². The lowest BCUT2D eigenvalue weighted by Gasteiger charge is -2.12. The zero-order valence-corrected chi connectivity index (χ0v) is 21.7. The largest absolute Gasteiger partial charge is 0.507 e. The van der Waals surface area contributed by atoms with Gasteiger partial charge in [-0.2, -0.15) is 9.78 Å². The third-order valence-corrected chi connectivity index (χ3v) is 7.20. The predicted molar refractivity (Wildman–Crippen MR) is 152 cm³/mol. The SMILES string of the molecule is O=C(Nc1ccc(-c2cc(C3CCCC3)n(C(=O)NCc3ccccc3)n2)c(O)c1)c1cnc2ccccc2n1. The number of fused-ring (bicyclic) bond motifs is 1. The molecule has 9 nitrogen and oxygen atoms in total. The summed E-state index contributed by atoms with van der Waals surface area (Å²) >= 11 is 0. The van der Waals surface area contributed by atoms with E-state index in [1.807, 2.05) is 54.6 Å². The van der Waals surface area contributed by atoms with Gasteiger partial charge in [0.25, 0.3) is 5.91 Å². The summed E-state index contributed by atoms with van der Waals surface area (Å²) in [6, 6.07) is 23.4. The average molecular weight is 533 g/mol. The number of phenolic OH excluding ortho intramolecular Hbond substituents is 1. The highest BCUT2D eigenvalue weighted by atomic mass is 16.3. The number of amides is 2. The van der Waals surface area contributed by atoms with Gasteiger partial charge in [-0.3, -0.25) is 9.78 Å². The van der Waals surface area contributed by atoms with Gasteiger partial charge in [-0.25, -0.2) is 9.78 Å². The Hall–Kier alpha value is -5.05. The molecular weight excluding hydrogens is 504 g/mol. The Kier molecular flexibility index (Phi) is 6.93. The molecule has 0 unspecified atom stereocenters. The fourth-order valence-corrected chi connectivity index (χ4v) is 5.14. The Bertz CT molecular complexity index is 1690. The van der Waals surface area contributed by atoms with Crippen LogP contribution in [0.3, 0.4) is 0 Å². The molecule has 1 saturated carbocycles. The molecule has 2 heterocycles. The van der Waals surface area contributed by atoms with Gasteiger partial charge in [0.05, 0.1) is 28.6 Å². The van der Waals surface area contributed by atoms with Crippen LogP contribution in [0.4, 0.5) is 10.5 Å². The van der Waals surface area contributed by atoms with Crippen molar-refractivity contribution in [1.82, 2.24) is 25.1 Å². The maximum Gasteiger partial charge on any atom is 0.342 e. The number of hydrogen-bond acceptors (Lipinski definition) is 6. The second kappa shape index (κ2) is 11.0. The second-order valence-corrected chi connectivity index (χ2v) is 9.92. The summed E-state index contributed by atoms with van der Waals surface area (Å²) in [7, 11) is 0. The molecular formula is C31H28N6O3. The Morgan fingerprint density at radius 2 is 1.68 bits per heavy atom. The van der Waals surface area contributed by atoms with E-state index in [4.69, 9.17) is 0 Å². The molecule has 0 bridgehead atoms. The highest BCUT2D eigenvalue weighted by Gasteiger charge is 2.26. The number of aromatic nitrogens is 4. The van der Waals surface area contributed by atoms with Crippen LogP contribution in [-0.2, 0) is 6.54 Å². The van der Waals surface area contributed by atoms with E-state index < -0.39 is 5.91 Å². The fraction of sp³-hybridized carbons (Fsp3) is 0.194. The molecule has 1 aliphatic carbocycles. The Balaban J connectivity index is 1.23. The summed E-state index contributed by atoms with van der Waals surface area (Å²) in [5.74, 6) is -0.268. The number of hydrogen-bond donors (Lipinski definition) is 3. The molecule has 6 rings (SSSR count). The lowest BCUT2D eigenvalue weighted by atomic mass is 10.0. The van der Waals surface area contributed by atoms with Crippen molar-refractivity contribution in [3.63, 3.8) is 0 Å². The van der Waals surface area contributed by atoms with Crippen LogP contribution in [0.2, 0.25) is 0 Å². The predicted octanol–water partition coefficient (Wildman–Crippen LogP) is 5.87. The van der Waals surface area contributed by atoms with Gasteiger partial charge in [-0.15, -0.1) is 0 Å². The molecule has 1 fully saturated rings. The third kappa shape index (κ3) is 5.26. The first-order valence-corrected chi connectivity index (χ1v) is 13.3. The lowest BCUT2D eigenvalue weighted by molar-refractivity contribution is 0.102. The first-order chi connectivity index (χ1) is 19.5. The zero-order chi connectivity index (χ0) is 27.5. The van der Waals surface area contributed by atoms with E-state index in [1.54, 1.807) is 18.2 Å². The van der Waals surface area contributed by atoms with E-state index in [0.29, 0.717) is 34.5 Å². The van der Waals surface area contributed by atoms with Crippen molar-refractivity contribution in [1.29, 1.82) is 0 Å². The molecule has 5 aromatic rings. The molecule has 0 spiro atoms. The van der Waals surface area contributed by atoms with Crippen molar-refractivity contribution >= 4 is 28.7 Å². The molecule has 3 aromatic carbocycles. The van der Waals surface area contributed by atoms with Crippen LogP contribution in [-0.4, -0.2) is 36.8 Å². The maximum atomic E-state index is 13.2. The maximum absolute atomic E-state index is 13.2. The van der Waals surface area contributed by atoms with Crippen LogP contribution in [0.5, 0.6) is 5.75 Å². The van der Waals surface area contributed by atoms with Crippen molar-refractivity contribution in [2.45, 2.75) is 38.1 Å². The monoisotopic (exact) mass is 532 g/mol. The summed E-state index contributed by atoms with van der Waals surface area (Å²) < 4.78 is 1.43. The summed E-state index contributed by atoms with van der Waals surface area (Å²) in [6.45, 7) is 0.389. The fourth-order valence-electron chi connectivity index (χ4n) is 5.14. The molecule has 1 aliphatic rings. The van der Waals surface area contributed by atoms with Crippen molar-refractivity contribution < 1.29 is 14.7 Å². The van der Waals surface area contributed by atoms with Crippen molar-refractivity contribution in [3.05, 3.63) is 102 Å². The normalized spacial score (nSPS) is 13.4. The van der Waals surface area contributed by atoms with Gasteiger partial charge in [0.1, 0.15) is 11.4 Å². The highest BCUT2D eigenvalue weighted by Crippen LogP contribution is 2.38. The van der Waals surface area contributed by atoms with Crippen LogP contribution in [0.15, 0.2) is 85.1 Å². The van der Waals surface area contributed by atoms with Crippen LogP contribution in [0.25, 0.3) is 22.3 Å². The van der Waals surface area contributed by atoms with Crippen molar-refractivity contribution in [3.8, 4) is 17.0 Å². The van der Waals surface area contributed by atoms with Crippen LogP contribution in [0.1, 0.15) is 53.3 Å². The number of phenols is 1. The number of rotatable bonds is 6. The summed E-state index contributed by atoms with van der Waals surface area (Å²) in [5.41, 5.74) is 4.69. The van der Waals surface area contributed by atoms with Crippen molar-refractivity contribution in [2.24, 2.45) is 0 Å². The van der Waals surface area contributed by atoms with E-state index in [9.17, 15) is 14.7 Å². The molecule has 0 radical (unpaired) electrons. The minimum Gasteiger partial charge on any atom is -0.507 e. The molecule has 0 atom stereocenters. The second-order valence-electron chi connectivity index (χ2n) is 9.92. The molecule has 3 N–H and O–H groups in total. The van der Waals surface area contributed by atoms with Gasteiger partial charge in [0, 0.05) is 29.8 Å². The highest BCUT2D eigenvalue weighted by molar-refractivity contribution is 6.03. The molecule has 0 saturated heterocycles. The topological polar surface area (TPSA) is 122 Å². The first-order valence-electron chi connectivity index (χ1n) is 13.3. The Morgan fingerprint density at radius 1 is 0.925 bits per heavy atom. The molecule has 40 heavy (non-hydrogen) atoms. The van der Waals surface area contributed by atoms with E-state index in [1.165, 1.54) is 16.9 Å². The smallest absolute Gasteiger partial charge is 0.342 e. The lowest BCUT2D eigenvalue weighted by Crippen LogP contribution is -2.30. The molecule has 200 valence electrons. The zero-order valence-electron chi connectivity index (χ0n) is 21.7. The van der Waals surface area contributed by atoms with Crippen LogP contribution in [0, 0.1) is 0 Å². The van der Waals surface area contributed by atoms with Crippen LogP contribution < -0.4 is 10.6 Å².